The topological polar surface area (TPSA) is 20.3 Å². The summed E-state index contributed by atoms with van der Waals surface area (Å²) in [6.45, 7) is 6.15. The molecule has 0 aromatic carbocycles. The Morgan fingerprint density at radius 1 is 0.909 bits per heavy atom. The fraction of sp³-hybridized carbons (Fsp3) is 0.750. The Morgan fingerprint density at radius 3 is 2.18 bits per heavy atom. The molecule has 0 aromatic rings. The first kappa shape index (κ1) is 19.0. The largest absolute Gasteiger partial charge is 0.339 e. The van der Waals surface area contributed by atoms with Gasteiger partial charge in [-0.25, -0.2) is 0 Å². The average Bonchev–Trinajstić information content (AvgIpc) is 3.36. The Labute approximate surface area is 137 Å². The molecule has 22 heavy (non-hydrogen) atoms. The molecule has 2 heteroatoms. The Hall–Kier alpha value is -1.05. The molecule has 1 aliphatic rings. The van der Waals surface area contributed by atoms with Gasteiger partial charge in [0, 0.05) is 19.0 Å². The van der Waals surface area contributed by atoms with Crippen LogP contribution in [0, 0.1) is 5.92 Å². The summed E-state index contributed by atoms with van der Waals surface area (Å²) in [5.74, 6) is 0.727. The second-order valence-corrected chi connectivity index (χ2v) is 6.43. The third kappa shape index (κ3) is 9.07. The zero-order chi connectivity index (χ0) is 16.0. The van der Waals surface area contributed by atoms with Crippen LogP contribution in [0.3, 0.4) is 0 Å². The molecule has 0 N–H and O–H groups in total. The molecule has 0 bridgehead atoms. The highest BCUT2D eigenvalue weighted by atomic mass is 16.2. The molecule has 0 spiro atoms. The van der Waals surface area contributed by atoms with E-state index < -0.39 is 0 Å². The minimum absolute atomic E-state index is 0.344. The normalized spacial score (nSPS) is 15.0. The molecule has 0 unspecified atom stereocenters. The standard InChI is InChI=1S/C20H35NO/c1-3-5-7-8-9-10-11-12-13-14-18-21(17-6-4-2)20(22)19-15-16-19/h9-10,13-14,19H,3-8,11-12,15-18H2,1-2H3. The number of nitrogens with zero attached hydrogens (tertiary/aromatic N) is 1. The summed E-state index contributed by atoms with van der Waals surface area (Å²) in [7, 11) is 0. The zero-order valence-electron chi connectivity index (χ0n) is 14.7. The highest BCUT2D eigenvalue weighted by molar-refractivity contribution is 5.81. The zero-order valence-corrected chi connectivity index (χ0v) is 14.7. The molecule has 1 aliphatic carbocycles. The molecule has 0 aromatic heterocycles. The third-order valence-electron chi connectivity index (χ3n) is 4.15. The highest BCUT2D eigenvalue weighted by Crippen LogP contribution is 2.31. The third-order valence-corrected chi connectivity index (χ3v) is 4.15. The van der Waals surface area contributed by atoms with Gasteiger partial charge in [-0.2, -0.15) is 0 Å². The van der Waals surface area contributed by atoms with Crippen molar-refractivity contribution in [1.29, 1.82) is 0 Å². The quantitative estimate of drug-likeness (QED) is 0.325. The fourth-order valence-corrected chi connectivity index (χ4v) is 2.49. The van der Waals surface area contributed by atoms with Crippen LogP contribution in [0.4, 0.5) is 0 Å². The minimum Gasteiger partial charge on any atom is -0.339 e. The van der Waals surface area contributed by atoms with E-state index in [2.05, 4.69) is 43.1 Å². The van der Waals surface area contributed by atoms with E-state index in [1.807, 2.05) is 0 Å². The second-order valence-electron chi connectivity index (χ2n) is 6.43. The van der Waals surface area contributed by atoms with Crippen molar-refractivity contribution in [1.82, 2.24) is 4.90 Å². The molecule has 1 rings (SSSR count). The van der Waals surface area contributed by atoms with Crippen LogP contribution in [-0.4, -0.2) is 23.9 Å². The maximum Gasteiger partial charge on any atom is 0.225 e. The predicted molar refractivity (Wildman–Crippen MR) is 95.9 cm³/mol. The molecule has 1 amide bonds. The van der Waals surface area contributed by atoms with E-state index in [4.69, 9.17) is 0 Å². The number of hydrogen-bond acceptors (Lipinski definition) is 1. The van der Waals surface area contributed by atoms with Gasteiger partial charge in [0.1, 0.15) is 0 Å². The molecule has 0 aliphatic heterocycles. The van der Waals surface area contributed by atoms with Crippen molar-refractivity contribution in [2.24, 2.45) is 5.92 Å². The molecule has 1 fully saturated rings. The summed E-state index contributed by atoms with van der Waals surface area (Å²) >= 11 is 0. The average molecular weight is 306 g/mol. The first-order chi connectivity index (χ1) is 10.8. The molecule has 0 heterocycles. The van der Waals surface area contributed by atoms with Crippen LogP contribution >= 0.6 is 0 Å². The van der Waals surface area contributed by atoms with Crippen LogP contribution in [0.15, 0.2) is 24.3 Å². The van der Waals surface area contributed by atoms with Gasteiger partial charge in [-0.3, -0.25) is 4.79 Å². The smallest absolute Gasteiger partial charge is 0.225 e. The number of unbranched alkanes of at least 4 members (excludes halogenated alkanes) is 5. The van der Waals surface area contributed by atoms with Gasteiger partial charge >= 0.3 is 0 Å². The van der Waals surface area contributed by atoms with Gasteiger partial charge < -0.3 is 4.90 Å². The van der Waals surface area contributed by atoms with E-state index in [1.54, 1.807) is 0 Å². The van der Waals surface area contributed by atoms with Crippen LogP contribution in [0.5, 0.6) is 0 Å². The minimum atomic E-state index is 0.344. The second kappa shape index (κ2) is 12.5. The number of rotatable bonds is 13. The number of carbonyl (C=O) groups is 1. The van der Waals surface area contributed by atoms with Gasteiger partial charge in [0.2, 0.25) is 5.91 Å². The predicted octanol–water partition coefficient (Wildman–Crippen LogP) is 5.50. The van der Waals surface area contributed by atoms with Gasteiger partial charge in [0.15, 0.2) is 0 Å². The van der Waals surface area contributed by atoms with E-state index in [9.17, 15) is 4.79 Å². The van der Waals surface area contributed by atoms with Gasteiger partial charge in [0.05, 0.1) is 0 Å². The molecule has 0 atom stereocenters. The first-order valence-corrected chi connectivity index (χ1v) is 9.38. The van der Waals surface area contributed by atoms with Crippen molar-refractivity contribution < 1.29 is 4.79 Å². The van der Waals surface area contributed by atoms with E-state index in [0.717, 1.165) is 51.6 Å². The summed E-state index contributed by atoms with van der Waals surface area (Å²) in [4.78, 5) is 14.2. The summed E-state index contributed by atoms with van der Waals surface area (Å²) in [5.41, 5.74) is 0. The van der Waals surface area contributed by atoms with Crippen LogP contribution in [-0.2, 0) is 4.79 Å². The lowest BCUT2D eigenvalue weighted by Gasteiger charge is -2.20. The Kier molecular flexibility index (Phi) is 10.8. The Balaban J connectivity index is 2.13. The summed E-state index contributed by atoms with van der Waals surface area (Å²) in [5, 5.41) is 0. The molecular formula is C20H35NO. The van der Waals surface area contributed by atoms with Crippen molar-refractivity contribution in [2.75, 3.05) is 13.1 Å². The van der Waals surface area contributed by atoms with E-state index in [1.165, 1.54) is 25.7 Å². The molecular weight excluding hydrogens is 270 g/mol. The van der Waals surface area contributed by atoms with Crippen molar-refractivity contribution >= 4 is 5.91 Å². The lowest BCUT2D eigenvalue weighted by molar-refractivity contribution is -0.132. The number of allylic oxidation sites excluding steroid dienone is 3. The summed E-state index contributed by atoms with van der Waals surface area (Å²) in [6, 6.07) is 0. The van der Waals surface area contributed by atoms with Gasteiger partial charge in [-0.1, -0.05) is 57.4 Å². The van der Waals surface area contributed by atoms with Gasteiger partial charge in [0.25, 0.3) is 0 Å². The lowest BCUT2D eigenvalue weighted by atomic mass is 10.2. The Morgan fingerprint density at radius 2 is 1.55 bits per heavy atom. The van der Waals surface area contributed by atoms with Gasteiger partial charge in [-0.15, -0.1) is 0 Å². The SMILES string of the molecule is CCCCCC=CCCC=CCN(CCCC)C(=O)C1CC1. The van der Waals surface area contributed by atoms with Crippen LogP contribution in [0.25, 0.3) is 0 Å². The summed E-state index contributed by atoms with van der Waals surface area (Å²) in [6.07, 6.45) is 20.9. The van der Waals surface area contributed by atoms with Crippen molar-refractivity contribution in [3.63, 3.8) is 0 Å². The lowest BCUT2D eigenvalue weighted by Crippen LogP contribution is -2.33. The molecule has 0 radical (unpaired) electrons. The summed E-state index contributed by atoms with van der Waals surface area (Å²) < 4.78 is 0. The fourth-order valence-electron chi connectivity index (χ4n) is 2.49. The molecule has 126 valence electrons. The van der Waals surface area contributed by atoms with Crippen LogP contribution in [0.1, 0.15) is 78.1 Å². The van der Waals surface area contributed by atoms with Gasteiger partial charge in [-0.05, 0) is 44.9 Å². The number of carbonyl (C=O) groups excluding carboxylic acids is 1. The van der Waals surface area contributed by atoms with Crippen molar-refractivity contribution in [2.45, 2.75) is 78.1 Å². The van der Waals surface area contributed by atoms with Crippen molar-refractivity contribution in [3.05, 3.63) is 24.3 Å². The molecule has 0 saturated heterocycles. The van der Waals surface area contributed by atoms with E-state index >= 15 is 0 Å². The van der Waals surface area contributed by atoms with E-state index in [0.29, 0.717) is 11.8 Å². The molecule has 2 nitrogen and oxygen atoms in total. The maximum absolute atomic E-state index is 12.2. The first-order valence-electron chi connectivity index (χ1n) is 9.38. The van der Waals surface area contributed by atoms with Crippen LogP contribution < -0.4 is 0 Å². The van der Waals surface area contributed by atoms with Crippen LogP contribution in [0.2, 0.25) is 0 Å². The monoisotopic (exact) mass is 305 g/mol. The van der Waals surface area contributed by atoms with Crippen molar-refractivity contribution in [3.8, 4) is 0 Å². The van der Waals surface area contributed by atoms with E-state index in [-0.39, 0.29) is 0 Å². The maximum atomic E-state index is 12.2. The number of hydrogen-bond donors (Lipinski definition) is 0. The Bertz CT molecular complexity index is 342. The number of amides is 1. The molecule has 1 saturated carbocycles. The highest BCUT2D eigenvalue weighted by Gasteiger charge is 2.32.